The zero-order valence-corrected chi connectivity index (χ0v) is 56.3. The lowest BCUT2D eigenvalue weighted by molar-refractivity contribution is -0.144. The van der Waals surface area contributed by atoms with Gasteiger partial charge in [0.1, 0.15) is 66.2 Å². The number of aliphatic carboxylic acids is 5. The fourth-order valence-corrected chi connectivity index (χ4v) is 10.5. The monoisotopic (exact) mass is 1430 g/mol. The van der Waals surface area contributed by atoms with Gasteiger partial charge >= 0.3 is 40.2 Å². The summed E-state index contributed by atoms with van der Waals surface area (Å²) < 4.78 is 36.4. The molecule has 0 aliphatic carbocycles. The first kappa shape index (κ1) is 83.9. The van der Waals surface area contributed by atoms with Gasteiger partial charge in [-0.25, -0.2) is 4.79 Å². The van der Waals surface area contributed by atoms with Crippen LogP contribution < -0.4 is 63.5 Å². The van der Waals surface area contributed by atoms with Crippen LogP contribution in [0.15, 0.2) is 54.6 Å². The lowest BCUT2D eigenvalue weighted by Crippen LogP contribution is -2.61. The molecule has 0 aromatic heterocycles. The van der Waals surface area contributed by atoms with Crippen molar-refractivity contribution in [2.45, 2.75) is 197 Å². The lowest BCUT2D eigenvalue weighted by Gasteiger charge is -2.33. The number of nitrogens with one attached hydrogen (secondary N) is 9. The van der Waals surface area contributed by atoms with Crippen LogP contribution in [0, 0.1) is 11.8 Å². The Balaban J connectivity index is 1.96. The van der Waals surface area contributed by atoms with E-state index in [9.17, 15) is 110 Å². The van der Waals surface area contributed by atoms with Gasteiger partial charge in [-0.15, -0.1) is 0 Å². The third-order valence-electron chi connectivity index (χ3n) is 15.7. The molecule has 0 bridgehead atoms. The second-order valence-electron chi connectivity index (χ2n) is 24.2. The van der Waals surface area contributed by atoms with Crippen molar-refractivity contribution in [1.82, 2.24) is 52.8 Å². The second kappa shape index (κ2) is 40.5. The van der Waals surface area contributed by atoms with Gasteiger partial charge in [0.05, 0.1) is 12.5 Å². The fraction of sp³-hybridized carbons (Fsp3) is 0.548. The molecule has 1 heterocycles. The highest BCUT2D eigenvalue weighted by Gasteiger charge is 2.42. The van der Waals surface area contributed by atoms with E-state index in [1.54, 1.807) is 58.0 Å². The number of nitrogens with two attached hydrogens (primary N) is 2. The van der Waals surface area contributed by atoms with Crippen molar-refractivity contribution in [3.05, 3.63) is 65.7 Å². The number of primary amides is 1. The number of benzene rings is 2. The van der Waals surface area contributed by atoms with Crippen LogP contribution in [0.3, 0.4) is 0 Å². The lowest BCUT2D eigenvalue weighted by atomic mass is 9.96. The average Bonchev–Trinajstić information content (AvgIpc) is 1.59. The highest BCUT2D eigenvalue weighted by Crippen LogP contribution is 2.23. The molecule has 0 saturated carbocycles. The van der Waals surface area contributed by atoms with Crippen LogP contribution in [0.4, 0.5) is 0 Å². The standard InChI is InChI=1S/C62H88N12O25S/c1-6-32(4)51(73-56(88)40(21-25-49(80)81)66-52(84)33(5)65-57(89)43(28-34-11-8-7-9-12-34)70-53(85)37(63)30-50(82)83)61(93)74-26-10-13-45(74)60(92)68-39(20-24-48(78)79)54(86)67-38(19-23-47(76)77)55(87)72-44(29-35-14-16-36(17-15-35)99-100(96,97)98)59(91)71-42(27-31(2)3)58(90)69-41(62(94)95)18-22-46(64)75/h7-9,11-12,14-17,31-33,37-45,51H,6,10,13,18-30,63H2,1-5H3,(H2,64,75)(H,65,89)(H,66,84)(H,67,86)(H,68,92)(H,69,90)(H,70,85)(H,71,91)(H,72,87)(H,73,88)(H,76,77)(H,78,79)(H,80,81)(H,82,83)(H,94,95)(H,96,97,98)/t32-,33-,37-,38-,39-,40-,41-,42-,43-,44-,45-,51-/m0/s1. The number of nitrogens with zero attached hydrogens (tertiary/aromatic N) is 1. The van der Waals surface area contributed by atoms with Crippen molar-refractivity contribution in [2.75, 3.05) is 6.54 Å². The largest absolute Gasteiger partial charge is 0.481 e. The summed E-state index contributed by atoms with van der Waals surface area (Å²) >= 11 is 0. The van der Waals surface area contributed by atoms with Crippen molar-refractivity contribution in [2.24, 2.45) is 23.3 Å². The van der Waals surface area contributed by atoms with Crippen molar-refractivity contribution in [1.29, 1.82) is 0 Å². The molecule has 1 fully saturated rings. The normalized spacial score (nSPS) is 16.0. The maximum absolute atomic E-state index is 14.7. The maximum Gasteiger partial charge on any atom is 0.446 e. The summed E-state index contributed by atoms with van der Waals surface area (Å²) in [4.78, 5) is 212. The molecule has 1 aliphatic heterocycles. The fourth-order valence-electron chi connectivity index (χ4n) is 10.2. The first-order valence-electron chi connectivity index (χ1n) is 31.8. The molecule has 3 rings (SSSR count). The molecule has 552 valence electrons. The zero-order chi connectivity index (χ0) is 75.3. The van der Waals surface area contributed by atoms with Crippen molar-refractivity contribution >= 4 is 105 Å². The van der Waals surface area contributed by atoms with Crippen LogP contribution in [-0.2, 0) is 100.0 Å². The summed E-state index contributed by atoms with van der Waals surface area (Å²) in [5, 5.41) is 69.6. The number of likely N-dealkylation sites (tertiary alicyclic amines) is 1. The van der Waals surface area contributed by atoms with E-state index in [4.69, 9.17) is 16.6 Å². The molecule has 19 N–H and O–H groups in total. The van der Waals surface area contributed by atoms with E-state index in [1.165, 1.54) is 19.1 Å². The van der Waals surface area contributed by atoms with Gasteiger partial charge in [0.2, 0.25) is 65.0 Å². The number of rotatable bonds is 44. The van der Waals surface area contributed by atoms with Crippen LogP contribution in [0.25, 0.3) is 0 Å². The summed E-state index contributed by atoms with van der Waals surface area (Å²) in [6.45, 7) is 7.53. The van der Waals surface area contributed by atoms with E-state index < -0.39 is 248 Å². The Bertz CT molecular complexity index is 3400. The van der Waals surface area contributed by atoms with E-state index in [1.807, 2.05) is 0 Å². The van der Waals surface area contributed by atoms with E-state index in [0.29, 0.717) is 5.56 Å². The summed E-state index contributed by atoms with van der Waals surface area (Å²) in [6, 6.07) is -5.27. The van der Waals surface area contributed by atoms with E-state index in [2.05, 4.69) is 52.0 Å². The molecule has 11 amide bonds. The molecule has 2 aromatic rings. The molecule has 38 heteroatoms. The van der Waals surface area contributed by atoms with E-state index in [-0.39, 0.29) is 50.1 Å². The Morgan fingerprint density at radius 1 is 0.530 bits per heavy atom. The van der Waals surface area contributed by atoms with Gasteiger partial charge in [-0.3, -0.25) is 76.5 Å². The number of carbonyl (C=O) groups is 16. The highest BCUT2D eigenvalue weighted by molar-refractivity contribution is 7.81. The van der Waals surface area contributed by atoms with Crippen LogP contribution in [0.1, 0.15) is 129 Å². The maximum atomic E-state index is 14.7. The zero-order valence-electron chi connectivity index (χ0n) is 55.5. The minimum atomic E-state index is -5.02. The van der Waals surface area contributed by atoms with Gasteiger partial charge in [-0.05, 0) is 87.0 Å². The number of hydrogen-bond donors (Lipinski definition) is 17. The Morgan fingerprint density at radius 3 is 1.44 bits per heavy atom. The van der Waals surface area contributed by atoms with Crippen LogP contribution >= 0.6 is 0 Å². The minimum absolute atomic E-state index is 0.0869. The quantitative estimate of drug-likeness (QED) is 0.0292. The topological polar surface area (TPSA) is 601 Å². The smallest absolute Gasteiger partial charge is 0.446 e. The van der Waals surface area contributed by atoms with Crippen LogP contribution in [0.2, 0.25) is 0 Å². The van der Waals surface area contributed by atoms with Gasteiger partial charge < -0.3 is 93.9 Å². The Labute approximate surface area is 574 Å². The van der Waals surface area contributed by atoms with Gasteiger partial charge in [-0.2, -0.15) is 8.42 Å². The summed E-state index contributed by atoms with van der Waals surface area (Å²) in [7, 11) is -5.02. The van der Waals surface area contributed by atoms with Gasteiger partial charge in [0.25, 0.3) is 0 Å². The predicted molar refractivity (Wildman–Crippen MR) is 346 cm³/mol. The number of hydrogen-bond acceptors (Lipinski definition) is 20. The molecule has 1 saturated heterocycles. The number of carboxylic acids is 5. The van der Waals surface area contributed by atoms with Gasteiger partial charge in [-0.1, -0.05) is 76.6 Å². The van der Waals surface area contributed by atoms with Crippen LogP contribution in [-0.4, -0.2) is 211 Å². The molecule has 12 atom stereocenters. The van der Waals surface area contributed by atoms with Crippen molar-refractivity contribution in [3.63, 3.8) is 0 Å². The minimum Gasteiger partial charge on any atom is -0.481 e. The summed E-state index contributed by atoms with van der Waals surface area (Å²) in [5.41, 5.74) is 11.6. The first-order chi connectivity index (χ1) is 46.8. The van der Waals surface area contributed by atoms with E-state index >= 15 is 0 Å². The Morgan fingerprint density at radius 2 is 0.960 bits per heavy atom. The highest BCUT2D eigenvalue weighted by atomic mass is 32.3. The number of carboxylic acid groups (broad SMARTS) is 5. The average molecular weight is 1430 g/mol. The third kappa shape index (κ3) is 29.8. The van der Waals surface area contributed by atoms with Crippen LogP contribution in [0.5, 0.6) is 5.75 Å². The molecule has 0 spiro atoms. The first-order valence-corrected chi connectivity index (χ1v) is 33.1. The van der Waals surface area contributed by atoms with Crippen molar-refractivity contribution in [3.8, 4) is 5.75 Å². The Kier molecular flexibility index (Phi) is 34.0. The summed E-state index contributed by atoms with van der Waals surface area (Å²) in [6.07, 6.45) is -6.67. The Hall–Kier alpha value is -10.4. The van der Waals surface area contributed by atoms with Gasteiger partial charge in [0, 0.05) is 45.1 Å². The molecule has 100 heavy (non-hydrogen) atoms. The third-order valence-corrected chi connectivity index (χ3v) is 16.1. The van der Waals surface area contributed by atoms with Gasteiger partial charge in [0.15, 0.2) is 0 Å². The van der Waals surface area contributed by atoms with E-state index in [0.717, 1.165) is 17.0 Å². The predicted octanol–water partition coefficient (Wildman–Crippen LogP) is -3.13. The molecule has 0 radical (unpaired) electrons. The molecule has 1 aliphatic rings. The molecular weight excluding hydrogens is 1340 g/mol. The number of amides is 11. The van der Waals surface area contributed by atoms with Crippen molar-refractivity contribution < 1.29 is 119 Å². The molecule has 0 unspecified atom stereocenters. The second-order valence-corrected chi connectivity index (χ2v) is 25.3. The molecule has 2 aromatic carbocycles. The SMILES string of the molecule is CC[C@H](C)[C@H](NC(=O)[C@H](CCC(=O)O)NC(=O)[C@H](C)NC(=O)[C@H](Cc1ccccc1)NC(=O)[C@@H](N)CC(=O)O)C(=O)N1CCC[C@H]1C(=O)N[C@@H](CCC(=O)O)C(=O)N[C@@H](CCC(=O)O)C(=O)N[C@@H](Cc1ccc(OS(=O)(=O)O)cc1)C(=O)N[C@@H](CC(C)C)C(=O)N[C@@H](CCC(N)=O)C(=O)O. The molecular formula is C62H88N12O25S. The summed E-state index contributed by atoms with van der Waals surface area (Å²) in [5.74, 6) is -20.5. The number of carbonyl (C=O) groups excluding carboxylic acids is 11. The molecule has 37 nitrogen and oxygen atoms in total.